The molecule has 5 nitrogen and oxygen atoms in total. The average Bonchev–Trinajstić information content (AvgIpc) is 2.63. The molecule has 0 unspecified atom stereocenters. The summed E-state index contributed by atoms with van der Waals surface area (Å²) in [6, 6.07) is 0. The van der Waals surface area contributed by atoms with Gasteiger partial charge < -0.3 is 15.4 Å². The third-order valence-corrected chi connectivity index (χ3v) is 2.10. The van der Waals surface area contributed by atoms with E-state index in [0.29, 0.717) is 0 Å². The van der Waals surface area contributed by atoms with Crippen LogP contribution in [0.5, 0.6) is 0 Å². The summed E-state index contributed by atoms with van der Waals surface area (Å²) in [5.74, 6) is 0. The Kier molecular flexibility index (Phi) is 5.77. The normalized spacial score (nSPS) is 8.00. The van der Waals surface area contributed by atoms with Crippen molar-refractivity contribution in [1.29, 1.82) is 0 Å². The van der Waals surface area contributed by atoms with Crippen LogP contribution in [-0.2, 0) is 0 Å². The van der Waals surface area contributed by atoms with Crippen LogP contribution < -0.4 is 9.75 Å². The van der Waals surface area contributed by atoms with Gasteiger partial charge in [-0.05, 0) is 0 Å². The molecule has 2 aromatic rings. The molecule has 13 heavy (non-hydrogen) atoms. The lowest BCUT2D eigenvalue weighted by Crippen LogP contribution is -1.87. The molecular formula is C6H8N2O3S2. The predicted molar refractivity (Wildman–Crippen MR) is 53.5 cm³/mol. The van der Waals surface area contributed by atoms with Crippen LogP contribution >= 0.6 is 22.7 Å². The van der Waals surface area contributed by atoms with E-state index in [1.807, 2.05) is 0 Å². The van der Waals surface area contributed by atoms with Crippen molar-refractivity contribution >= 4 is 22.7 Å². The summed E-state index contributed by atoms with van der Waals surface area (Å²) in [5, 5.41) is 3.42. The van der Waals surface area contributed by atoms with Crippen LogP contribution in [0.2, 0.25) is 0 Å². The Balaban J connectivity index is 0.000000206. The topological polar surface area (TPSA) is 97.2 Å². The smallest absolute Gasteiger partial charge is 0.304 e. The second kappa shape index (κ2) is 6.35. The van der Waals surface area contributed by atoms with Gasteiger partial charge in [0.1, 0.15) is 0 Å². The lowest BCUT2D eigenvalue weighted by atomic mass is 11.0. The maximum atomic E-state index is 10.0. The van der Waals surface area contributed by atoms with Crippen molar-refractivity contribution in [2.24, 2.45) is 0 Å². The van der Waals surface area contributed by atoms with Gasteiger partial charge in [0.15, 0.2) is 0 Å². The van der Waals surface area contributed by atoms with E-state index in [0.717, 1.165) is 0 Å². The minimum Gasteiger partial charge on any atom is -0.412 e. The van der Waals surface area contributed by atoms with E-state index in [-0.39, 0.29) is 15.2 Å². The first-order valence-corrected chi connectivity index (χ1v) is 4.79. The molecule has 7 heteroatoms. The highest BCUT2D eigenvalue weighted by molar-refractivity contribution is 7.07. The van der Waals surface area contributed by atoms with Crippen molar-refractivity contribution in [3.63, 3.8) is 0 Å². The standard InChI is InChI=1S/2C3H3NOS.H2O/c2*5-3-4-1-2-6-3;/h2*1-2H,(H,4,5);1H2. The quantitative estimate of drug-likeness (QED) is 0.655. The SMILES string of the molecule is O.O=c1[nH]ccs1.O=c1[nH]ccs1. The van der Waals surface area contributed by atoms with Crippen molar-refractivity contribution in [3.05, 3.63) is 42.5 Å². The minimum absolute atomic E-state index is 0. The van der Waals surface area contributed by atoms with E-state index in [1.54, 1.807) is 23.2 Å². The summed E-state index contributed by atoms with van der Waals surface area (Å²) in [5.41, 5.74) is 0. The lowest BCUT2D eigenvalue weighted by Gasteiger charge is -1.49. The van der Waals surface area contributed by atoms with Gasteiger partial charge in [-0.25, -0.2) is 0 Å². The molecule has 0 amide bonds. The Morgan fingerprint density at radius 3 is 1.38 bits per heavy atom. The monoisotopic (exact) mass is 220 g/mol. The summed E-state index contributed by atoms with van der Waals surface area (Å²) in [6.45, 7) is 0. The van der Waals surface area contributed by atoms with Gasteiger partial charge in [0.25, 0.3) is 0 Å². The van der Waals surface area contributed by atoms with Gasteiger partial charge >= 0.3 is 9.75 Å². The summed E-state index contributed by atoms with van der Waals surface area (Å²) >= 11 is 2.33. The lowest BCUT2D eigenvalue weighted by molar-refractivity contribution is 0.824. The zero-order valence-corrected chi connectivity index (χ0v) is 8.08. The van der Waals surface area contributed by atoms with Crippen LogP contribution in [0, 0.1) is 0 Å². The first-order valence-electron chi connectivity index (χ1n) is 3.03. The van der Waals surface area contributed by atoms with E-state index >= 15 is 0 Å². The van der Waals surface area contributed by atoms with E-state index in [1.165, 1.54) is 22.7 Å². The second-order valence-electron chi connectivity index (χ2n) is 1.70. The first-order chi connectivity index (χ1) is 5.79. The molecule has 0 aromatic carbocycles. The molecule has 72 valence electrons. The number of hydrogen-bond acceptors (Lipinski definition) is 4. The van der Waals surface area contributed by atoms with Gasteiger partial charge in [0.05, 0.1) is 0 Å². The number of hydrogen-bond donors (Lipinski definition) is 2. The van der Waals surface area contributed by atoms with Gasteiger partial charge in [-0.1, -0.05) is 22.7 Å². The predicted octanol–water partition coefficient (Wildman–Crippen LogP) is 0.0481. The summed E-state index contributed by atoms with van der Waals surface area (Å²) in [4.78, 5) is 25.0. The van der Waals surface area contributed by atoms with Crippen LogP contribution in [0.1, 0.15) is 0 Å². The summed E-state index contributed by atoms with van der Waals surface area (Å²) in [6.07, 6.45) is 3.24. The molecule has 0 spiro atoms. The highest BCUT2D eigenvalue weighted by atomic mass is 32.1. The molecule has 0 radical (unpaired) electrons. The maximum Gasteiger partial charge on any atom is 0.304 e. The highest BCUT2D eigenvalue weighted by Gasteiger charge is 1.72. The number of rotatable bonds is 0. The van der Waals surface area contributed by atoms with E-state index < -0.39 is 0 Å². The van der Waals surface area contributed by atoms with Crippen LogP contribution in [0.25, 0.3) is 0 Å². The fourth-order valence-corrected chi connectivity index (χ4v) is 1.26. The number of thiazole rings is 2. The summed E-state index contributed by atoms with van der Waals surface area (Å²) in [7, 11) is 0. The van der Waals surface area contributed by atoms with Crippen LogP contribution in [-0.4, -0.2) is 15.4 Å². The number of aromatic amines is 2. The third-order valence-electron chi connectivity index (χ3n) is 0.889. The Morgan fingerprint density at radius 1 is 0.923 bits per heavy atom. The Bertz CT molecular complexity index is 340. The van der Waals surface area contributed by atoms with Crippen molar-refractivity contribution in [2.45, 2.75) is 0 Å². The Hall–Kier alpha value is -1.18. The van der Waals surface area contributed by atoms with Crippen LogP contribution in [0.4, 0.5) is 0 Å². The highest BCUT2D eigenvalue weighted by Crippen LogP contribution is 1.77. The Labute approximate surface area is 81.0 Å². The van der Waals surface area contributed by atoms with Gasteiger partial charge in [-0.15, -0.1) is 0 Å². The molecule has 0 bridgehead atoms. The Morgan fingerprint density at radius 2 is 1.31 bits per heavy atom. The minimum atomic E-state index is 0. The fourth-order valence-electron chi connectivity index (χ4n) is 0.464. The molecule has 0 saturated carbocycles. The van der Waals surface area contributed by atoms with Gasteiger partial charge in [-0.3, -0.25) is 9.59 Å². The number of aromatic nitrogens is 2. The van der Waals surface area contributed by atoms with Gasteiger partial charge in [-0.2, -0.15) is 0 Å². The molecule has 2 heterocycles. The molecule has 0 aliphatic heterocycles. The number of nitrogens with one attached hydrogen (secondary N) is 2. The van der Waals surface area contributed by atoms with E-state index in [4.69, 9.17) is 0 Å². The van der Waals surface area contributed by atoms with E-state index in [2.05, 4.69) is 9.97 Å². The largest absolute Gasteiger partial charge is 0.412 e. The molecule has 0 aliphatic rings. The third kappa shape index (κ3) is 5.12. The van der Waals surface area contributed by atoms with Crippen molar-refractivity contribution < 1.29 is 5.48 Å². The van der Waals surface area contributed by atoms with Crippen molar-refractivity contribution in [2.75, 3.05) is 0 Å². The molecule has 0 aliphatic carbocycles. The molecule has 0 saturated heterocycles. The van der Waals surface area contributed by atoms with Crippen LogP contribution in [0.3, 0.4) is 0 Å². The summed E-state index contributed by atoms with van der Waals surface area (Å²) < 4.78 is 0. The molecule has 2 aromatic heterocycles. The molecule has 0 atom stereocenters. The van der Waals surface area contributed by atoms with Crippen molar-refractivity contribution in [3.8, 4) is 0 Å². The molecule has 4 N–H and O–H groups in total. The molecular weight excluding hydrogens is 212 g/mol. The zero-order valence-electron chi connectivity index (χ0n) is 6.44. The van der Waals surface area contributed by atoms with Crippen LogP contribution in [0.15, 0.2) is 32.7 Å². The van der Waals surface area contributed by atoms with E-state index in [9.17, 15) is 9.59 Å². The zero-order chi connectivity index (χ0) is 8.81. The average molecular weight is 220 g/mol. The second-order valence-corrected chi connectivity index (χ2v) is 3.46. The fraction of sp³-hybridized carbons (Fsp3) is 0. The van der Waals surface area contributed by atoms with Gasteiger partial charge in [0.2, 0.25) is 0 Å². The van der Waals surface area contributed by atoms with Gasteiger partial charge in [0, 0.05) is 23.2 Å². The first kappa shape index (κ1) is 11.8. The maximum absolute atomic E-state index is 10.0. The molecule has 2 rings (SSSR count). The molecule has 0 fully saturated rings. The number of H-pyrrole nitrogens is 2. The van der Waals surface area contributed by atoms with Crippen molar-refractivity contribution in [1.82, 2.24) is 9.97 Å².